The van der Waals surface area contributed by atoms with Gasteiger partial charge in [-0.25, -0.2) is 0 Å². The van der Waals surface area contributed by atoms with Crippen LogP contribution in [0.1, 0.15) is 19.8 Å². The maximum atomic E-state index is 5.72. The molecule has 0 amide bonds. The highest BCUT2D eigenvalue weighted by atomic mass is 16.5. The van der Waals surface area contributed by atoms with E-state index in [2.05, 4.69) is 18.8 Å². The maximum Gasteiger partial charge on any atom is 0.0838 e. The Hall–Kier alpha value is -0.340. The van der Waals surface area contributed by atoms with Crippen LogP contribution in [0.3, 0.4) is 0 Å². The van der Waals surface area contributed by atoms with Crippen molar-refractivity contribution in [3.63, 3.8) is 0 Å². The summed E-state index contributed by atoms with van der Waals surface area (Å²) >= 11 is 0. The first-order valence-corrected chi connectivity index (χ1v) is 4.28. The van der Waals surface area contributed by atoms with Crippen LogP contribution in [0.15, 0.2) is 12.7 Å². The number of nitrogens with one attached hydrogen (secondary N) is 1. The Morgan fingerprint density at radius 3 is 3.00 bits per heavy atom. The minimum atomic E-state index is 0.0417. The van der Waals surface area contributed by atoms with Crippen LogP contribution in [0, 0.1) is 0 Å². The minimum absolute atomic E-state index is 0.0417. The summed E-state index contributed by atoms with van der Waals surface area (Å²) in [6.45, 7) is 8.69. The quantitative estimate of drug-likeness (QED) is 0.621. The van der Waals surface area contributed by atoms with Gasteiger partial charge in [-0.05, 0) is 12.8 Å². The van der Waals surface area contributed by atoms with Crippen molar-refractivity contribution in [3.8, 4) is 0 Å². The highest BCUT2D eigenvalue weighted by Crippen LogP contribution is 2.21. The number of morpholine rings is 1. The molecule has 64 valence electrons. The molecule has 0 aromatic heterocycles. The fraction of sp³-hybridized carbons (Fsp3) is 0.778. The summed E-state index contributed by atoms with van der Waals surface area (Å²) < 4.78 is 5.72. The predicted octanol–water partition coefficient (Wildman–Crippen LogP) is 1.33. The highest BCUT2D eigenvalue weighted by Gasteiger charge is 2.29. The lowest BCUT2D eigenvalue weighted by atomic mass is 9.95. The summed E-state index contributed by atoms with van der Waals surface area (Å²) in [4.78, 5) is 0. The molecule has 1 unspecified atom stereocenters. The molecule has 0 bridgehead atoms. The highest BCUT2D eigenvalue weighted by molar-refractivity contribution is 4.91. The first kappa shape index (κ1) is 8.75. The number of hydrogen-bond donors (Lipinski definition) is 1. The third-order valence-corrected chi connectivity index (χ3v) is 2.29. The molecule has 0 aromatic carbocycles. The Morgan fingerprint density at radius 1 is 1.73 bits per heavy atom. The van der Waals surface area contributed by atoms with Crippen LogP contribution >= 0.6 is 0 Å². The number of ether oxygens (including phenoxy) is 1. The van der Waals surface area contributed by atoms with E-state index in [1.54, 1.807) is 0 Å². The predicted molar refractivity (Wildman–Crippen MR) is 46.7 cm³/mol. The summed E-state index contributed by atoms with van der Waals surface area (Å²) in [5.41, 5.74) is 0.0417. The van der Waals surface area contributed by atoms with E-state index in [0.29, 0.717) is 0 Å². The Labute approximate surface area is 68.6 Å². The molecule has 0 aliphatic carbocycles. The SMILES string of the molecule is C=CCC1(CC)CNCCO1. The van der Waals surface area contributed by atoms with E-state index in [0.717, 1.165) is 32.5 Å². The summed E-state index contributed by atoms with van der Waals surface area (Å²) in [6, 6.07) is 0. The molecule has 1 rings (SSSR count). The molecule has 1 heterocycles. The van der Waals surface area contributed by atoms with Crippen LogP contribution in [0.5, 0.6) is 0 Å². The van der Waals surface area contributed by atoms with Gasteiger partial charge in [-0.3, -0.25) is 0 Å². The van der Waals surface area contributed by atoms with Crippen molar-refractivity contribution in [1.82, 2.24) is 5.32 Å². The summed E-state index contributed by atoms with van der Waals surface area (Å²) in [5.74, 6) is 0. The molecule has 2 heteroatoms. The van der Waals surface area contributed by atoms with Gasteiger partial charge in [-0.1, -0.05) is 13.0 Å². The molecular formula is C9H17NO. The van der Waals surface area contributed by atoms with E-state index in [1.165, 1.54) is 0 Å². The molecule has 11 heavy (non-hydrogen) atoms. The lowest BCUT2D eigenvalue weighted by molar-refractivity contribution is -0.0658. The second-order valence-electron chi connectivity index (χ2n) is 3.05. The second-order valence-corrected chi connectivity index (χ2v) is 3.05. The Morgan fingerprint density at radius 2 is 2.55 bits per heavy atom. The number of hydrogen-bond acceptors (Lipinski definition) is 2. The van der Waals surface area contributed by atoms with Crippen LogP contribution in [0.4, 0.5) is 0 Å². The van der Waals surface area contributed by atoms with Crippen LogP contribution in [-0.2, 0) is 4.74 Å². The van der Waals surface area contributed by atoms with E-state index in [9.17, 15) is 0 Å². The van der Waals surface area contributed by atoms with E-state index in [1.807, 2.05) is 6.08 Å². The van der Waals surface area contributed by atoms with Crippen molar-refractivity contribution in [2.24, 2.45) is 0 Å². The lowest BCUT2D eigenvalue weighted by Crippen LogP contribution is -2.49. The molecule has 0 spiro atoms. The van der Waals surface area contributed by atoms with Gasteiger partial charge in [0.2, 0.25) is 0 Å². The van der Waals surface area contributed by atoms with Crippen molar-refractivity contribution >= 4 is 0 Å². The summed E-state index contributed by atoms with van der Waals surface area (Å²) in [6.07, 6.45) is 3.96. The van der Waals surface area contributed by atoms with Crippen molar-refractivity contribution in [1.29, 1.82) is 0 Å². The van der Waals surface area contributed by atoms with Crippen molar-refractivity contribution < 1.29 is 4.74 Å². The summed E-state index contributed by atoms with van der Waals surface area (Å²) in [5, 5.41) is 3.34. The third-order valence-electron chi connectivity index (χ3n) is 2.29. The normalized spacial score (nSPS) is 31.7. The largest absolute Gasteiger partial charge is 0.372 e. The molecule has 1 aliphatic heterocycles. The zero-order valence-corrected chi connectivity index (χ0v) is 7.23. The van der Waals surface area contributed by atoms with Gasteiger partial charge in [0.1, 0.15) is 0 Å². The Balaban J connectivity index is 2.49. The topological polar surface area (TPSA) is 21.3 Å². The van der Waals surface area contributed by atoms with Crippen molar-refractivity contribution in [3.05, 3.63) is 12.7 Å². The minimum Gasteiger partial charge on any atom is -0.372 e. The molecule has 1 N–H and O–H groups in total. The van der Waals surface area contributed by atoms with Crippen LogP contribution < -0.4 is 5.32 Å². The maximum absolute atomic E-state index is 5.72. The smallest absolute Gasteiger partial charge is 0.0838 e. The van der Waals surface area contributed by atoms with Gasteiger partial charge < -0.3 is 10.1 Å². The van der Waals surface area contributed by atoms with E-state index in [-0.39, 0.29) is 5.60 Å². The average molecular weight is 155 g/mol. The van der Waals surface area contributed by atoms with Crippen molar-refractivity contribution in [2.75, 3.05) is 19.7 Å². The number of rotatable bonds is 3. The van der Waals surface area contributed by atoms with Gasteiger partial charge in [0.05, 0.1) is 12.2 Å². The molecular weight excluding hydrogens is 138 g/mol. The fourth-order valence-electron chi connectivity index (χ4n) is 1.47. The van der Waals surface area contributed by atoms with Gasteiger partial charge in [0.15, 0.2) is 0 Å². The zero-order valence-electron chi connectivity index (χ0n) is 7.23. The molecule has 0 radical (unpaired) electrons. The third kappa shape index (κ3) is 2.04. The van der Waals surface area contributed by atoms with Crippen LogP contribution in [0.2, 0.25) is 0 Å². The van der Waals surface area contributed by atoms with Gasteiger partial charge in [-0.2, -0.15) is 0 Å². The first-order valence-electron chi connectivity index (χ1n) is 4.28. The fourth-order valence-corrected chi connectivity index (χ4v) is 1.47. The molecule has 1 saturated heterocycles. The molecule has 1 atom stereocenters. The standard InChI is InChI=1S/C9H17NO/c1-3-5-9(4-2)8-10-6-7-11-9/h3,10H,1,4-8H2,2H3. The van der Waals surface area contributed by atoms with Gasteiger partial charge in [0, 0.05) is 13.1 Å². The Kier molecular flexibility index (Phi) is 3.09. The Bertz CT molecular complexity index is 128. The van der Waals surface area contributed by atoms with E-state index >= 15 is 0 Å². The molecule has 0 saturated carbocycles. The van der Waals surface area contributed by atoms with Gasteiger partial charge in [0.25, 0.3) is 0 Å². The van der Waals surface area contributed by atoms with E-state index in [4.69, 9.17) is 4.74 Å². The lowest BCUT2D eigenvalue weighted by Gasteiger charge is -2.36. The first-order chi connectivity index (χ1) is 5.33. The van der Waals surface area contributed by atoms with Crippen LogP contribution in [-0.4, -0.2) is 25.3 Å². The molecule has 2 nitrogen and oxygen atoms in total. The van der Waals surface area contributed by atoms with E-state index < -0.39 is 0 Å². The monoisotopic (exact) mass is 155 g/mol. The van der Waals surface area contributed by atoms with Crippen molar-refractivity contribution in [2.45, 2.75) is 25.4 Å². The van der Waals surface area contributed by atoms with Gasteiger partial charge >= 0.3 is 0 Å². The van der Waals surface area contributed by atoms with Gasteiger partial charge in [-0.15, -0.1) is 6.58 Å². The molecule has 0 aromatic rings. The average Bonchev–Trinajstić information content (AvgIpc) is 2.07. The van der Waals surface area contributed by atoms with Crippen LogP contribution in [0.25, 0.3) is 0 Å². The second kappa shape index (κ2) is 3.88. The zero-order chi connectivity index (χ0) is 8.16. The molecule has 1 aliphatic rings. The summed E-state index contributed by atoms with van der Waals surface area (Å²) in [7, 11) is 0. The molecule has 1 fully saturated rings.